The second-order valence-corrected chi connectivity index (χ2v) is 4.55. The van der Waals surface area contributed by atoms with Crippen molar-refractivity contribution in [1.82, 2.24) is 10.4 Å². The van der Waals surface area contributed by atoms with E-state index < -0.39 is 29.6 Å². The normalized spacial score (nSPS) is 23.2. The molecule has 7 nitrogen and oxygen atoms in total. The number of carboxylic acid groups (broad SMARTS) is 1. The number of rotatable bonds is 4. The Labute approximate surface area is 105 Å². The first-order valence-electron chi connectivity index (χ1n) is 5.86. The molecular formula is C11H17N2O5-. The maximum Gasteiger partial charge on any atom is 0.262 e. The minimum Gasteiger partial charge on any atom is -0.550 e. The smallest absolute Gasteiger partial charge is 0.262 e. The first-order valence-corrected chi connectivity index (χ1v) is 5.86. The number of amides is 2. The number of carbonyl (C=O) groups excluding carboxylic acids is 3. The number of nitrogens with one attached hydrogen (secondary N) is 1. The van der Waals surface area contributed by atoms with Crippen molar-refractivity contribution in [2.75, 3.05) is 13.6 Å². The van der Waals surface area contributed by atoms with E-state index in [0.29, 0.717) is 12.8 Å². The lowest BCUT2D eigenvalue weighted by Crippen LogP contribution is -2.47. The molecule has 0 aromatic carbocycles. The van der Waals surface area contributed by atoms with E-state index >= 15 is 0 Å². The third-order valence-electron chi connectivity index (χ3n) is 3.27. The molecule has 0 bridgehead atoms. The van der Waals surface area contributed by atoms with Crippen molar-refractivity contribution in [1.29, 1.82) is 0 Å². The van der Waals surface area contributed by atoms with E-state index in [-0.39, 0.29) is 6.54 Å². The lowest BCUT2D eigenvalue weighted by Gasteiger charge is -2.33. The standard InChI is InChI=1S/C11H18N2O5/c1-13(6-9(14)12-18)10(15)7-4-2-3-5-8(7)11(16)17/h7-8,18H,2-6H2,1H3,(H,12,14)(H,16,17)/p-1/t7-,8+/m1/s1. The van der Waals surface area contributed by atoms with Gasteiger partial charge < -0.3 is 14.8 Å². The van der Waals surface area contributed by atoms with Gasteiger partial charge in [-0.15, -0.1) is 0 Å². The summed E-state index contributed by atoms with van der Waals surface area (Å²) in [5.41, 5.74) is 1.43. The molecule has 0 radical (unpaired) electrons. The van der Waals surface area contributed by atoms with Gasteiger partial charge >= 0.3 is 0 Å². The lowest BCUT2D eigenvalue weighted by atomic mass is 9.78. The number of carboxylic acids is 1. The Balaban J connectivity index is 2.68. The van der Waals surface area contributed by atoms with Crippen LogP contribution >= 0.6 is 0 Å². The Morgan fingerprint density at radius 1 is 1.28 bits per heavy atom. The van der Waals surface area contributed by atoms with Crippen LogP contribution in [0.25, 0.3) is 0 Å². The highest BCUT2D eigenvalue weighted by molar-refractivity contribution is 5.87. The summed E-state index contributed by atoms with van der Waals surface area (Å²) in [6.45, 7) is -0.300. The van der Waals surface area contributed by atoms with Crippen molar-refractivity contribution in [3.8, 4) is 0 Å². The Morgan fingerprint density at radius 2 is 1.83 bits per heavy atom. The number of hydroxylamine groups is 1. The zero-order chi connectivity index (χ0) is 13.7. The molecule has 0 aliphatic heterocycles. The largest absolute Gasteiger partial charge is 0.550 e. The van der Waals surface area contributed by atoms with Crippen LogP contribution in [0.3, 0.4) is 0 Å². The third kappa shape index (κ3) is 3.43. The van der Waals surface area contributed by atoms with Crippen LogP contribution in [0.15, 0.2) is 0 Å². The molecule has 0 unspecified atom stereocenters. The molecule has 0 aromatic rings. The van der Waals surface area contributed by atoms with Crippen LogP contribution in [0, 0.1) is 11.8 Å². The van der Waals surface area contributed by atoms with Crippen molar-refractivity contribution < 1.29 is 24.7 Å². The minimum atomic E-state index is -1.21. The highest BCUT2D eigenvalue weighted by atomic mass is 16.5. The van der Waals surface area contributed by atoms with Gasteiger partial charge in [0.15, 0.2) is 0 Å². The fourth-order valence-corrected chi connectivity index (χ4v) is 2.32. The molecule has 1 aliphatic carbocycles. The van der Waals surface area contributed by atoms with Gasteiger partial charge in [0.25, 0.3) is 5.91 Å². The maximum atomic E-state index is 12.0. The average molecular weight is 257 g/mol. The second-order valence-electron chi connectivity index (χ2n) is 4.55. The summed E-state index contributed by atoms with van der Waals surface area (Å²) in [6, 6.07) is 0. The molecule has 2 atom stereocenters. The van der Waals surface area contributed by atoms with E-state index in [0.717, 1.165) is 17.7 Å². The molecule has 1 rings (SSSR count). The first kappa shape index (κ1) is 14.4. The van der Waals surface area contributed by atoms with Crippen LogP contribution in [-0.4, -0.2) is 41.5 Å². The fourth-order valence-electron chi connectivity index (χ4n) is 2.32. The van der Waals surface area contributed by atoms with Gasteiger partial charge in [0.1, 0.15) is 6.54 Å². The topological polar surface area (TPSA) is 110 Å². The molecule has 2 amide bonds. The number of nitrogens with zero attached hydrogens (tertiary/aromatic N) is 1. The summed E-state index contributed by atoms with van der Waals surface area (Å²) in [7, 11) is 1.40. The quantitative estimate of drug-likeness (QED) is 0.471. The number of hydrogen-bond donors (Lipinski definition) is 2. The van der Waals surface area contributed by atoms with Gasteiger partial charge in [-0.25, -0.2) is 5.48 Å². The van der Waals surface area contributed by atoms with Gasteiger partial charge in [0.2, 0.25) is 5.91 Å². The van der Waals surface area contributed by atoms with Crippen molar-refractivity contribution in [2.24, 2.45) is 11.8 Å². The zero-order valence-electron chi connectivity index (χ0n) is 10.2. The summed E-state index contributed by atoms with van der Waals surface area (Å²) in [5.74, 6) is -3.75. The molecule has 1 aliphatic rings. The first-order chi connectivity index (χ1) is 8.47. The van der Waals surface area contributed by atoms with Crippen molar-refractivity contribution >= 4 is 17.8 Å². The second kappa shape index (κ2) is 6.34. The van der Waals surface area contributed by atoms with E-state index in [1.54, 1.807) is 0 Å². The average Bonchev–Trinajstić information content (AvgIpc) is 2.37. The highest BCUT2D eigenvalue weighted by Crippen LogP contribution is 2.30. The predicted molar refractivity (Wildman–Crippen MR) is 58.0 cm³/mol. The van der Waals surface area contributed by atoms with Crippen LogP contribution in [0.4, 0.5) is 0 Å². The fraction of sp³-hybridized carbons (Fsp3) is 0.727. The summed E-state index contributed by atoms with van der Waals surface area (Å²) >= 11 is 0. The molecule has 1 fully saturated rings. The van der Waals surface area contributed by atoms with Gasteiger partial charge in [-0.05, 0) is 12.8 Å². The molecule has 18 heavy (non-hydrogen) atoms. The summed E-state index contributed by atoms with van der Waals surface area (Å²) < 4.78 is 0. The van der Waals surface area contributed by atoms with Crippen molar-refractivity contribution in [3.63, 3.8) is 0 Å². The number of hydrogen-bond acceptors (Lipinski definition) is 5. The molecule has 0 aromatic heterocycles. The van der Waals surface area contributed by atoms with Crippen LogP contribution < -0.4 is 10.6 Å². The van der Waals surface area contributed by atoms with Gasteiger partial charge in [-0.1, -0.05) is 12.8 Å². The molecule has 0 saturated heterocycles. The Kier molecular flexibility index (Phi) is 5.08. The number of aliphatic carboxylic acids is 1. The van der Waals surface area contributed by atoms with Gasteiger partial charge in [-0.2, -0.15) is 0 Å². The number of carbonyl (C=O) groups is 3. The molecule has 1 saturated carbocycles. The van der Waals surface area contributed by atoms with Crippen molar-refractivity contribution in [2.45, 2.75) is 25.7 Å². The van der Waals surface area contributed by atoms with E-state index in [2.05, 4.69) is 0 Å². The monoisotopic (exact) mass is 257 g/mol. The van der Waals surface area contributed by atoms with E-state index in [1.807, 2.05) is 0 Å². The SMILES string of the molecule is CN(CC(=O)NO)C(=O)[C@@H]1CCCC[C@@H]1C(=O)[O-]. The van der Waals surface area contributed by atoms with Gasteiger partial charge in [0, 0.05) is 24.9 Å². The molecule has 0 spiro atoms. The summed E-state index contributed by atoms with van der Waals surface area (Å²) in [5, 5.41) is 19.3. The minimum absolute atomic E-state index is 0.300. The molecule has 7 heteroatoms. The Morgan fingerprint density at radius 3 is 2.33 bits per heavy atom. The highest BCUT2D eigenvalue weighted by Gasteiger charge is 2.33. The Bertz CT molecular complexity index is 344. The lowest BCUT2D eigenvalue weighted by molar-refractivity contribution is -0.314. The van der Waals surface area contributed by atoms with Crippen LogP contribution in [0.2, 0.25) is 0 Å². The van der Waals surface area contributed by atoms with Gasteiger partial charge in [0.05, 0.1) is 0 Å². The maximum absolute atomic E-state index is 12.0. The molecule has 2 N–H and O–H groups in total. The predicted octanol–water partition coefficient (Wildman–Crippen LogP) is -1.49. The van der Waals surface area contributed by atoms with E-state index in [4.69, 9.17) is 5.21 Å². The van der Waals surface area contributed by atoms with Crippen LogP contribution in [0.1, 0.15) is 25.7 Å². The summed E-state index contributed by atoms with van der Waals surface area (Å²) in [4.78, 5) is 35.1. The molecular weight excluding hydrogens is 240 g/mol. The van der Waals surface area contributed by atoms with Crippen molar-refractivity contribution in [3.05, 3.63) is 0 Å². The van der Waals surface area contributed by atoms with Crippen LogP contribution in [0.5, 0.6) is 0 Å². The summed E-state index contributed by atoms with van der Waals surface area (Å²) in [6.07, 6.45) is 2.48. The van der Waals surface area contributed by atoms with Gasteiger partial charge in [-0.3, -0.25) is 14.8 Å². The van der Waals surface area contributed by atoms with Crippen LogP contribution in [-0.2, 0) is 14.4 Å². The Hall–Kier alpha value is -1.63. The molecule has 102 valence electrons. The molecule has 0 heterocycles. The third-order valence-corrected chi connectivity index (χ3v) is 3.27. The zero-order valence-corrected chi connectivity index (χ0v) is 10.2. The van der Waals surface area contributed by atoms with E-state index in [9.17, 15) is 19.5 Å². The number of likely N-dealkylation sites (N-methyl/N-ethyl adjacent to an activating group) is 1. The van der Waals surface area contributed by atoms with E-state index in [1.165, 1.54) is 12.5 Å².